The number of hydrogen-bond acceptors (Lipinski definition) is 7. The third-order valence-electron chi connectivity index (χ3n) is 4.50. The summed E-state index contributed by atoms with van der Waals surface area (Å²) < 4.78 is 15.3. The van der Waals surface area contributed by atoms with Gasteiger partial charge in [-0.2, -0.15) is 0 Å². The van der Waals surface area contributed by atoms with Gasteiger partial charge in [0, 0.05) is 0 Å². The number of nitrogens with zero attached hydrogens (tertiary/aromatic N) is 1. The van der Waals surface area contributed by atoms with E-state index in [2.05, 4.69) is 5.32 Å². The van der Waals surface area contributed by atoms with Gasteiger partial charge in [0.05, 0.1) is 27.9 Å². The number of phenols is 1. The van der Waals surface area contributed by atoms with Crippen LogP contribution in [0.25, 0.3) is 6.08 Å². The molecule has 1 saturated heterocycles. The number of hydrogen-bond donors (Lipinski definition) is 2. The second kappa shape index (κ2) is 8.56. The highest BCUT2D eigenvalue weighted by molar-refractivity contribution is 6.31. The van der Waals surface area contributed by atoms with E-state index in [0.717, 1.165) is 4.90 Å². The number of methoxy groups -OCH3 is 3. The number of aromatic hydroxyl groups is 1. The van der Waals surface area contributed by atoms with Gasteiger partial charge in [-0.1, -0.05) is 12.1 Å². The topological polar surface area (TPSA) is 114 Å². The SMILES string of the molecule is COc1ccc(CN2C(=O)NC(=O)C(=Cc3cc(OC)c(O)c(OC)c3)C2=O)cc1. The van der Waals surface area contributed by atoms with Crippen LogP contribution in [0.3, 0.4) is 0 Å². The first-order valence-corrected chi connectivity index (χ1v) is 8.84. The summed E-state index contributed by atoms with van der Waals surface area (Å²) >= 11 is 0. The maximum Gasteiger partial charge on any atom is 0.331 e. The molecule has 0 aromatic heterocycles. The monoisotopic (exact) mass is 412 g/mol. The Hall–Kier alpha value is -4.01. The lowest BCUT2D eigenvalue weighted by atomic mass is 10.1. The number of phenolic OH excluding ortho intramolecular Hbond substituents is 1. The molecule has 1 aliphatic rings. The zero-order valence-corrected chi connectivity index (χ0v) is 16.6. The van der Waals surface area contributed by atoms with Gasteiger partial charge in [0.1, 0.15) is 11.3 Å². The molecule has 1 heterocycles. The van der Waals surface area contributed by atoms with Crippen molar-refractivity contribution in [3.05, 3.63) is 53.1 Å². The number of benzene rings is 2. The van der Waals surface area contributed by atoms with Crippen LogP contribution in [0.2, 0.25) is 0 Å². The van der Waals surface area contributed by atoms with Crippen molar-refractivity contribution in [2.75, 3.05) is 21.3 Å². The van der Waals surface area contributed by atoms with E-state index in [1.54, 1.807) is 24.3 Å². The Morgan fingerprint density at radius 2 is 1.57 bits per heavy atom. The summed E-state index contributed by atoms with van der Waals surface area (Å²) in [5.74, 6) is -0.920. The van der Waals surface area contributed by atoms with E-state index in [9.17, 15) is 19.5 Å². The maximum absolute atomic E-state index is 12.9. The molecule has 0 atom stereocenters. The third kappa shape index (κ3) is 4.04. The number of barbiturate groups is 1. The van der Waals surface area contributed by atoms with Crippen LogP contribution in [0, 0.1) is 0 Å². The Labute approximate surface area is 172 Å². The average molecular weight is 412 g/mol. The van der Waals surface area contributed by atoms with Gasteiger partial charge in [-0.3, -0.25) is 19.8 Å². The van der Waals surface area contributed by atoms with E-state index in [0.29, 0.717) is 16.9 Å². The number of nitrogens with one attached hydrogen (secondary N) is 1. The zero-order chi connectivity index (χ0) is 21.8. The summed E-state index contributed by atoms with van der Waals surface area (Å²) in [7, 11) is 4.25. The Balaban J connectivity index is 1.93. The normalized spacial score (nSPS) is 15.2. The molecule has 0 radical (unpaired) electrons. The van der Waals surface area contributed by atoms with E-state index in [1.807, 2.05) is 0 Å². The van der Waals surface area contributed by atoms with Gasteiger partial charge >= 0.3 is 6.03 Å². The molecule has 2 aromatic rings. The first-order chi connectivity index (χ1) is 14.4. The van der Waals surface area contributed by atoms with Crippen molar-refractivity contribution >= 4 is 23.9 Å². The van der Waals surface area contributed by atoms with Gasteiger partial charge in [-0.25, -0.2) is 4.79 Å². The van der Waals surface area contributed by atoms with Crippen LogP contribution in [0.15, 0.2) is 42.0 Å². The standard InChI is InChI=1S/C21H20N2O7/c1-28-14-6-4-12(5-7-14)11-23-20(26)15(19(25)22-21(23)27)8-13-9-16(29-2)18(24)17(10-13)30-3/h4-10,24H,11H2,1-3H3,(H,22,25,27). The summed E-state index contributed by atoms with van der Waals surface area (Å²) in [6, 6.07) is 8.92. The molecular formula is C21H20N2O7. The molecule has 0 unspecified atom stereocenters. The third-order valence-corrected chi connectivity index (χ3v) is 4.50. The smallest absolute Gasteiger partial charge is 0.331 e. The summed E-state index contributed by atoms with van der Waals surface area (Å²) in [5, 5.41) is 12.2. The van der Waals surface area contributed by atoms with Crippen LogP contribution < -0.4 is 19.5 Å². The number of ether oxygens (including phenoxy) is 3. The van der Waals surface area contributed by atoms with E-state index in [1.165, 1.54) is 39.5 Å². The maximum atomic E-state index is 12.9. The number of carbonyl (C=O) groups excluding carboxylic acids is 3. The van der Waals surface area contributed by atoms with E-state index in [-0.39, 0.29) is 29.4 Å². The minimum atomic E-state index is -0.818. The molecule has 156 valence electrons. The first-order valence-electron chi connectivity index (χ1n) is 8.84. The Bertz CT molecular complexity index is 1000. The minimum Gasteiger partial charge on any atom is -0.502 e. The van der Waals surface area contributed by atoms with Crippen molar-refractivity contribution in [2.24, 2.45) is 0 Å². The van der Waals surface area contributed by atoms with Crippen molar-refractivity contribution in [2.45, 2.75) is 6.54 Å². The fourth-order valence-electron chi connectivity index (χ4n) is 2.91. The second-order valence-corrected chi connectivity index (χ2v) is 6.33. The lowest BCUT2D eigenvalue weighted by Crippen LogP contribution is -2.53. The van der Waals surface area contributed by atoms with Crippen LogP contribution in [-0.2, 0) is 16.1 Å². The first kappa shape index (κ1) is 20.7. The summed E-state index contributed by atoms with van der Waals surface area (Å²) in [6.45, 7) is -0.0263. The Morgan fingerprint density at radius 3 is 2.10 bits per heavy atom. The molecule has 0 bridgehead atoms. The number of carbonyl (C=O) groups is 3. The zero-order valence-electron chi connectivity index (χ0n) is 16.6. The molecule has 1 fully saturated rings. The molecule has 0 saturated carbocycles. The fraction of sp³-hybridized carbons (Fsp3) is 0.190. The largest absolute Gasteiger partial charge is 0.502 e. The van der Waals surface area contributed by atoms with Crippen LogP contribution in [0.1, 0.15) is 11.1 Å². The van der Waals surface area contributed by atoms with E-state index < -0.39 is 17.8 Å². The fourth-order valence-corrected chi connectivity index (χ4v) is 2.91. The predicted octanol–water partition coefficient (Wildman–Crippen LogP) is 2.08. The summed E-state index contributed by atoms with van der Waals surface area (Å²) in [6.07, 6.45) is 1.30. The van der Waals surface area contributed by atoms with Gasteiger partial charge in [-0.05, 0) is 41.5 Å². The Morgan fingerprint density at radius 1 is 0.967 bits per heavy atom. The molecule has 0 aliphatic carbocycles. The summed E-state index contributed by atoms with van der Waals surface area (Å²) in [4.78, 5) is 38.4. The lowest BCUT2D eigenvalue weighted by Gasteiger charge is -2.26. The van der Waals surface area contributed by atoms with Gasteiger partial charge in [0.15, 0.2) is 11.5 Å². The van der Waals surface area contributed by atoms with Crippen molar-refractivity contribution in [1.29, 1.82) is 0 Å². The second-order valence-electron chi connectivity index (χ2n) is 6.33. The highest BCUT2D eigenvalue weighted by Gasteiger charge is 2.35. The van der Waals surface area contributed by atoms with Crippen LogP contribution in [0.4, 0.5) is 4.79 Å². The van der Waals surface area contributed by atoms with Crippen LogP contribution >= 0.6 is 0 Å². The molecule has 1 aliphatic heterocycles. The van der Waals surface area contributed by atoms with E-state index in [4.69, 9.17) is 14.2 Å². The van der Waals surface area contributed by atoms with E-state index >= 15 is 0 Å². The molecule has 4 amide bonds. The van der Waals surface area contributed by atoms with Gasteiger partial charge in [0.2, 0.25) is 5.75 Å². The highest BCUT2D eigenvalue weighted by Crippen LogP contribution is 2.37. The molecule has 0 spiro atoms. The quantitative estimate of drug-likeness (QED) is 0.551. The number of urea groups is 1. The number of imide groups is 2. The van der Waals surface area contributed by atoms with Gasteiger partial charge in [-0.15, -0.1) is 0 Å². The predicted molar refractivity (Wildman–Crippen MR) is 106 cm³/mol. The minimum absolute atomic E-state index is 0.0263. The molecule has 3 rings (SSSR count). The van der Waals surface area contributed by atoms with Crippen molar-refractivity contribution < 1.29 is 33.7 Å². The number of amides is 4. The van der Waals surface area contributed by atoms with Gasteiger partial charge in [0.25, 0.3) is 11.8 Å². The molecule has 9 nitrogen and oxygen atoms in total. The Kier molecular flexibility index (Phi) is 5.91. The van der Waals surface area contributed by atoms with Crippen molar-refractivity contribution in [1.82, 2.24) is 10.2 Å². The summed E-state index contributed by atoms with van der Waals surface area (Å²) in [5.41, 5.74) is 0.817. The molecule has 2 N–H and O–H groups in total. The molecule has 30 heavy (non-hydrogen) atoms. The average Bonchev–Trinajstić information content (AvgIpc) is 2.75. The molecule has 2 aromatic carbocycles. The highest BCUT2D eigenvalue weighted by atomic mass is 16.5. The molecule has 9 heteroatoms. The lowest BCUT2D eigenvalue weighted by molar-refractivity contribution is -0.130. The van der Waals surface area contributed by atoms with Crippen LogP contribution in [-0.4, -0.2) is 49.2 Å². The van der Waals surface area contributed by atoms with Crippen LogP contribution in [0.5, 0.6) is 23.0 Å². The van der Waals surface area contributed by atoms with Crippen molar-refractivity contribution in [3.63, 3.8) is 0 Å². The van der Waals surface area contributed by atoms with Crippen molar-refractivity contribution in [3.8, 4) is 23.0 Å². The number of rotatable bonds is 6. The van der Waals surface area contributed by atoms with Gasteiger partial charge < -0.3 is 19.3 Å². The molecular weight excluding hydrogens is 392 g/mol.